The van der Waals surface area contributed by atoms with Crippen LogP contribution >= 0.6 is 0 Å². The first kappa shape index (κ1) is 9.61. The fraction of sp³-hybridized carbons (Fsp3) is 1.00. The van der Waals surface area contributed by atoms with Crippen molar-refractivity contribution in [2.45, 2.75) is 38.1 Å². The molecule has 1 aliphatic carbocycles. The molecule has 0 aromatic carbocycles. The van der Waals surface area contributed by atoms with Crippen molar-refractivity contribution in [2.75, 3.05) is 0 Å². The molecular formula is C6H14N2Pt. The zero-order valence-electron chi connectivity index (χ0n) is 5.51. The minimum atomic E-state index is 0. The minimum absolute atomic E-state index is 0. The maximum atomic E-state index is 5.25. The molecule has 1 rings (SSSR count). The topological polar surface area (TPSA) is 38.0 Å². The van der Waals surface area contributed by atoms with Gasteiger partial charge >= 0.3 is 0 Å². The maximum Gasteiger partial charge on any atom is 0.0210 e. The van der Waals surface area contributed by atoms with Crippen LogP contribution in [0.25, 0.3) is 0 Å². The molecule has 1 saturated carbocycles. The monoisotopic (exact) mass is 309 g/mol. The van der Waals surface area contributed by atoms with Gasteiger partial charge < -0.3 is 0 Å². The number of hydrazine groups is 1. The van der Waals surface area contributed by atoms with Crippen LogP contribution in [0.15, 0.2) is 0 Å². The molecule has 58 valence electrons. The molecule has 0 spiro atoms. The first-order valence-corrected chi connectivity index (χ1v) is 3.39. The average Bonchev–Trinajstić information content (AvgIpc) is 1.90. The fourth-order valence-corrected chi connectivity index (χ4v) is 1.27. The van der Waals surface area contributed by atoms with Crippen molar-refractivity contribution in [1.82, 2.24) is 5.43 Å². The Morgan fingerprint density at radius 1 is 1.11 bits per heavy atom. The van der Waals surface area contributed by atoms with E-state index in [0.29, 0.717) is 6.04 Å². The zero-order chi connectivity index (χ0) is 5.82. The molecule has 1 fully saturated rings. The van der Waals surface area contributed by atoms with E-state index in [1.807, 2.05) is 0 Å². The van der Waals surface area contributed by atoms with Gasteiger partial charge in [0.1, 0.15) is 0 Å². The molecule has 2 nitrogen and oxygen atoms in total. The Balaban J connectivity index is 0.000000640. The minimum Gasteiger partial charge on any atom is -0.271 e. The van der Waals surface area contributed by atoms with Crippen molar-refractivity contribution < 1.29 is 21.1 Å². The van der Waals surface area contributed by atoms with E-state index in [9.17, 15) is 0 Å². The molecule has 3 heteroatoms. The molecule has 9 heavy (non-hydrogen) atoms. The van der Waals surface area contributed by atoms with Crippen LogP contribution in [0.3, 0.4) is 0 Å². The van der Waals surface area contributed by atoms with Crippen molar-refractivity contribution in [3.63, 3.8) is 0 Å². The van der Waals surface area contributed by atoms with Crippen molar-refractivity contribution in [1.29, 1.82) is 0 Å². The Labute approximate surface area is 70.8 Å². The van der Waals surface area contributed by atoms with Gasteiger partial charge in [-0.15, -0.1) is 0 Å². The van der Waals surface area contributed by atoms with E-state index in [-0.39, 0.29) is 21.1 Å². The zero-order valence-corrected chi connectivity index (χ0v) is 7.78. The summed E-state index contributed by atoms with van der Waals surface area (Å²) in [6.45, 7) is 0. The first-order chi connectivity index (χ1) is 3.93. The molecular weight excluding hydrogens is 295 g/mol. The van der Waals surface area contributed by atoms with E-state index in [1.54, 1.807) is 0 Å². The number of nitrogens with two attached hydrogens (primary N) is 1. The summed E-state index contributed by atoms with van der Waals surface area (Å²) in [7, 11) is 0. The van der Waals surface area contributed by atoms with Gasteiger partial charge in [-0.3, -0.25) is 11.3 Å². The fourth-order valence-electron chi connectivity index (χ4n) is 1.27. The Morgan fingerprint density at radius 3 is 2.00 bits per heavy atom. The summed E-state index contributed by atoms with van der Waals surface area (Å²) in [4.78, 5) is 0. The number of rotatable bonds is 1. The van der Waals surface area contributed by atoms with E-state index in [4.69, 9.17) is 5.84 Å². The molecule has 0 radical (unpaired) electrons. The van der Waals surface area contributed by atoms with Gasteiger partial charge in [-0.2, -0.15) is 0 Å². The molecule has 0 aromatic heterocycles. The van der Waals surface area contributed by atoms with Crippen molar-refractivity contribution in [3.8, 4) is 0 Å². The van der Waals surface area contributed by atoms with Gasteiger partial charge in [0.25, 0.3) is 0 Å². The molecule has 0 aromatic rings. The molecule has 0 atom stereocenters. The van der Waals surface area contributed by atoms with Gasteiger partial charge in [-0.25, -0.2) is 0 Å². The quantitative estimate of drug-likeness (QED) is 0.555. The standard InChI is InChI=1S/C6H14N2.Pt/c7-8-6-4-2-1-3-5-6;/h6,8H,1-5,7H2;. The molecule has 0 saturated heterocycles. The predicted molar refractivity (Wildman–Crippen MR) is 34.2 cm³/mol. The Hall–Kier alpha value is 0.608. The molecule has 1 aliphatic rings. The van der Waals surface area contributed by atoms with Gasteiger partial charge in [-0.1, -0.05) is 19.3 Å². The van der Waals surface area contributed by atoms with E-state index in [2.05, 4.69) is 5.43 Å². The second-order valence-corrected chi connectivity index (χ2v) is 2.50. The maximum absolute atomic E-state index is 5.25. The van der Waals surface area contributed by atoms with Crippen LogP contribution in [0.2, 0.25) is 0 Å². The summed E-state index contributed by atoms with van der Waals surface area (Å²) in [5.74, 6) is 5.25. The van der Waals surface area contributed by atoms with Crippen LogP contribution in [0, 0.1) is 0 Å². The average molecular weight is 309 g/mol. The van der Waals surface area contributed by atoms with E-state index < -0.39 is 0 Å². The van der Waals surface area contributed by atoms with Gasteiger partial charge in [-0.05, 0) is 12.8 Å². The smallest absolute Gasteiger partial charge is 0.0210 e. The number of nitrogens with one attached hydrogen (secondary N) is 1. The van der Waals surface area contributed by atoms with Gasteiger partial charge in [0.05, 0.1) is 0 Å². The van der Waals surface area contributed by atoms with E-state index >= 15 is 0 Å². The van der Waals surface area contributed by atoms with Crippen LogP contribution in [0.5, 0.6) is 0 Å². The third kappa shape index (κ3) is 3.34. The Morgan fingerprint density at radius 2 is 1.67 bits per heavy atom. The third-order valence-electron chi connectivity index (χ3n) is 1.84. The summed E-state index contributed by atoms with van der Waals surface area (Å²) < 4.78 is 0. The predicted octanol–water partition coefficient (Wildman–Crippen LogP) is 0.780. The van der Waals surface area contributed by atoms with Crippen molar-refractivity contribution in [2.24, 2.45) is 5.84 Å². The Bertz CT molecular complexity index is 62.1. The van der Waals surface area contributed by atoms with Crippen LogP contribution in [0.4, 0.5) is 0 Å². The summed E-state index contributed by atoms with van der Waals surface area (Å²) in [5, 5.41) is 0. The largest absolute Gasteiger partial charge is 0.271 e. The molecule has 0 amide bonds. The van der Waals surface area contributed by atoms with Gasteiger partial charge in [0.15, 0.2) is 0 Å². The molecule has 0 bridgehead atoms. The molecule has 0 unspecified atom stereocenters. The number of hydrogen-bond acceptors (Lipinski definition) is 2. The Kier molecular flexibility index (Phi) is 5.76. The number of hydrogen-bond donors (Lipinski definition) is 2. The van der Waals surface area contributed by atoms with Crippen LogP contribution in [0.1, 0.15) is 32.1 Å². The summed E-state index contributed by atoms with van der Waals surface area (Å²) >= 11 is 0. The summed E-state index contributed by atoms with van der Waals surface area (Å²) in [5.41, 5.74) is 2.80. The normalized spacial score (nSPS) is 21.0. The van der Waals surface area contributed by atoms with E-state index in [1.165, 1.54) is 32.1 Å². The van der Waals surface area contributed by atoms with Crippen LogP contribution in [-0.4, -0.2) is 6.04 Å². The van der Waals surface area contributed by atoms with Gasteiger partial charge in [0, 0.05) is 27.1 Å². The third-order valence-corrected chi connectivity index (χ3v) is 1.84. The summed E-state index contributed by atoms with van der Waals surface area (Å²) in [6, 6.07) is 0.615. The van der Waals surface area contributed by atoms with Crippen molar-refractivity contribution >= 4 is 0 Å². The molecule has 0 heterocycles. The van der Waals surface area contributed by atoms with Crippen LogP contribution in [-0.2, 0) is 21.1 Å². The van der Waals surface area contributed by atoms with Crippen molar-refractivity contribution in [3.05, 3.63) is 0 Å². The van der Waals surface area contributed by atoms with Gasteiger partial charge in [0.2, 0.25) is 0 Å². The molecule has 0 aliphatic heterocycles. The second-order valence-electron chi connectivity index (χ2n) is 2.50. The SMILES string of the molecule is NNC1CCCCC1.[Pt]. The van der Waals surface area contributed by atoms with Crippen LogP contribution < -0.4 is 11.3 Å². The second kappa shape index (κ2) is 5.40. The summed E-state index contributed by atoms with van der Waals surface area (Å²) in [6.07, 6.45) is 6.66. The van der Waals surface area contributed by atoms with E-state index in [0.717, 1.165) is 0 Å². The first-order valence-electron chi connectivity index (χ1n) is 3.39. The molecule has 3 N–H and O–H groups in total.